The molecule has 45 heavy (non-hydrogen) atoms. The average molecular weight is 637 g/mol. The summed E-state index contributed by atoms with van der Waals surface area (Å²) in [5.74, 6) is 1.36. The van der Waals surface area contributed by atoms with E-state index in [9.17, 15) is 18.0 Å². The first-order valence-corrected chi connectivity index (χ1v) is 15.6. The quantitative estimate of drug-likeness (QED) is 0.220. The molecule has 0 atom stereocenters. The number of aliphatic imine (C=N–C) groups is 1. The van der Waals surface area contributed by atoms with Crippen molar-refractivity contribution < 1.29 is 22.7 Å². The van der Waals surface area contributed by atoms with Crippen molar-refractivity contribution in [3.05, 3.63) is 89.7 Å². The molecule has 0 bridgehead atoms. The van der Waals surface area contributed by atoms with E-state index >= 15 is 0 Å². The monoisotopic (exact) mass is 636 g/mol. The second kappa shape index (κ2) is 13.0. The molecule has 8 nitrogen and oxygen atoms in total. The van der Waals surface area contributed by atoms with E-state index in [-0.39, 0.29) is 5.75 Å². The van der Waals surface area contributed by atoms with Gasteiger partial charge < -0.3 is 15.0 Å². The number of benzene rings is 3. The number of nitrogens with one attached hydrogen (secondary N) is 1. The normalized spacial score (nSPS) is 15.0. The Morgan fingerprint density at radius 1 is 1.04 bits per heavy atom. The minimum absolute atomic E-state index is 0.315. The minimum Gasteiger partial charge on any atom is -0.406 e. The first kappa shape index (κ1) is 32.1. The Kier molecular flexibility index (Phi) is 9.24. The number of carbonyl (C=O) groups excluding carboxylic acids is 1. The Morgan fingerprint density at radius 2 is 1.76 bits per heavy atom. The number of thioether (sulfide) groups is 1. The molecule has 0 spiro atoms. The third-order valence-electron chi connectivity index (χ3n) is 7.39. The van der Waals surface area contributed by atoms with Crippen LogP contribution in [0.15, 0.2) is 78.0 Å². The van der Waals surface area contributed by atoms with Gasteiger partial charge in [-0.2, -0.15) is 4.99 Å². The van der Waals surface area contributed by atoms with Crippen LogP contribution in [0.3, 0.4) is 0 Å². The van der Waals surface area contributed by atoms with Crippen molar-refractivity contribution in [2.45, 2.75) is 58.9 Å². The molecule has 1 aromatic heterocycles. The van der Waals surface area contributed by atoms with Crippen molar-refractivity contribution in [2.75, 3.05) is 17.2 Å². The molecule has 1 saturated heterocycles. The van der Waals surface area contributed by atoms with Crippen LogP contribution in [0.2, 0.25) is 0 Å². The fourth-order valence-corrected chi connectivity index (χ4v) is 6.01. The number of nitrogens with zero attached hydrogens (tertiary/aromatic N) is 5. The topological polar surface area (TPSA) is 84.6 Å². The number of amides is 2. The molecular formula is C33H35F3N6O2S. The van der Waals surface area contributed by atoms with Gasteiger partial charge in [0.05, 0.1) is 11.2 Å². The molecule has 3 aromatic carbocycles. The number of halogens is 3. The van der Waals surface area contributed by atoms with Crippen molar-refractivity contribution in [1.29, 1.82) is 0 Å². The highest BCUT2D eigenvalue weighted by Gasteiger charge is 2.31. The number of ether oxygens (including phenoxy) is 1. The molecule has 2 amide bonds. The molecule has 1 fully saturated rings. The third-order valence-corrected chi connectivity index (χ3v) is 8.46. The van der Waals surface area contributed by atoms with Crippen LogP contribution in [0.4, 0.5) is 23.7 Å². The van der Waals surface area contributed by atoms with Crippen LogP contribution in [-0.2, 0) is 5.54 Å². The van der Waals surface area contributed by atoms with Gasteiger partial charge in [0.15, 0.2) is 11.0 Å². The number of hydrogen-bond acceptors (Lipinski definition) is 5. The van der Waals surface area contributed by atoms with Gasteiger partial charge in [0.1, 0.15) is 12.1 Å². The lowest BCUT2D eigenvalue weighted by Gasteiger charge is -2.32. The number of urea groups is 1. The molecule has 2 heterocycles. The summed E-state index contributed by atoms with van der Waals surface area (Å²) >= 11 is 1.59. The van der Waals surface area contributed by atoms with Crippen LogP contribution < -0.4 is 15.0 Å². The van der Waals surface area contributed by atoms with E-state index in [0.29, 0.717) is 22.6 Å². The minimum atomic E-state index is -4.76. The van der Waals surface area contributed by atoms with E-state index < -0.39 is 17.9 Å². The Bertz CT molecular complexity index is 1680. The van der Waals surface area contributed by atoms with Crippen molar-refractivity contribution in [3.8, 4) is 22.8 Å². The summed E-state index contributed by atoms with van der Waals surface area (Å²) in [5, 5.41) is 8.22. The van der Waals surface area contributed by atoms with Crippen LogP contribution in [0, 0.1) is 6.92 Å². The molecule has 0 unspecified atom stereocenters. The number of aryl methyl sites for hydroxylation is 1. The van der Waals surface area contributed by atoms with Crippen molar-refractivity contribution in [3.63, 3.8) is 0 Å². The lowest BCUT2D eigenvalue weighted by atomic mass is 9.93. The number of anilines is 1. The summed E-state index contributed by atoms with van der Waals surface area (Å²) < 4.78 is 42.8. The van der Waals surface area contributed by atoms with E-state index in [1.165, 1.54) is 40.8 Å². The third kappa shape index (κ3) is 7.86. The summed E-state index contributed by atoms with van der Waals surface area (Å²) in [4.78, 5) is 24.3. The van der Waals surface area contributed by atoms with Crippen LogP contribution in [0.1, 0.15) is 56.7 Å². The molecule has 12 heteroatoms. The predicted molar refractivity (Wildman–Crippen MR) is 172 cm³/mol. The van der Waals surface area contributed by atoms with E-state index in [4.69, 9.17) is 0 Å². The Balaban J connectivity index is 1.28. The Labute approximate surface area is 264 Å². The summed E-state index contributed by atoms with van der Waals surface area (Å²) in [6.45, 7) is 11.0. The maximum atomic E-state index is 13.3. The number of aromatic nitrogens is 3. The molecular weight excluding hydrogens is 601 g/mol. The zero-order valence-corrected chi connectivity index (χ0v) is 26.5. The molecule has 4 aromatic rings. The lowest BCUT2D eigenvalue weighted by Crippen LogP contribution is -2.41. The molecule has 0 radical (unpaired) electrons. The molecule has 236 valence electrons. The van der Waals surface area contributed by atoms with Crippen LogP contribution in [0.5, 0.6) is 5.75 Å². The second-order valence-corrected chi connectivity index (χ2v) is 12.7. The molecule has 5 rings (SSSR count). The van der Waals surface area contributed by atoms with Gasteiger partial charge in [-0.05, 0) is 80.1 Å². The van der Waals surface area contributed by atoms with Crippen LogP contribution in [-0.4, -0.2) is 44.6 Å². The zero-order chi connectivity index (χ0) is 32.4. The summed E-state index contributed by atoms with van der Waals surface area (Å²) in [6.07, 6.45) is -2.27. The van der Waals surface area contributed by atoms with Gasteiger partial charge in [-0.3, -0.25) is 0 Å². The SMILES string of the molecule is Cc1ccc(C(C)C)c(N2CCCSC2=NC(=O)NC(C)(C)c2ccc(-c3ncn(-c4ccc(OC(F)(F)F)cc4)n3)cc2)c1. The molecule has 1 aliphatic heterocycles. The average Bonchev–Trinajstić information content (AvgIpc) is 3.47. The fourth-order valence-electron chi connectivity index (χ4n) is 5.06. The number of rotatable bonds is 7. The van der Waals surface area contributed by atoms with Gasteiger partial charge >= 0.3 is 12.4 Å². The standard InChI is InChI=1S/C33H35F3N6O2S/c1-21(2)27-16-7-22(3)19-28(27)41-17-6-18-45-31(41)38-30(43)39-32(4,5)24-10-8-23(9-11-24)29-37-20-42(40-29)25-12-14-26(15-13-25)44-33(34,35)36/h7-16,19-21H,6,17-18H2,1-5H3,(H,39,43). The van der Waals surface area contributed by atoms with Crippen molar-refractivity contribution in [2.24, 2.45) is 4.99 Å². The maximum absolute atomic E-state index is 13.3. The van der Waals surface area contributed by atoms with Gasteiger partial charge in [0.2, 0.25) is 0 Å². The van der Waals surface area contributed by atoms with Gasteiger partial charge in [0.25, 0.3) is 0 Å². The smallest absolute Gasteiger partial charge is 0.406 e. The molecule has 0 aliphatic carbocycles. The number of alkyl halides is 3. The number of carbonyl (C=O) groups is 1. The first-order chi connectivity index (χ1) is 21.3. The molecule has 1 N–H and O–H groups in total. The highest BCUT2D eigenvalue weighted by Crippen LogP contribution is 2.33. The second-order valence-electron chi connectivity index (χ2n) is 11.7. The van der Waals surface area contributed by atoms with Crippen molar-refractivity contribution >= 4 is 28.6 Å². The van der Waals surface area contributed by atoms with Crippen LogP contribution >= 0.6 is 11.8 Å². The first-order valence-electron chi connectivity index (χ1n) is 14.6. The van der Waals surface area contributed by atoms with Gasteiger partial charge in [0, 0.05) is 23.5 Å². The van der Waals surface area contributed by atoms with E-state index in [1.54, 1.807) is 11.8 Å². The highest BCUT2D eigenvalue weighted by molar-refractivity contribution is 8.14. The lowest BCUT2D eigenvalue weighted by molar-refractivity contribution is -0.274. The maximum Gasteiger partial charge on any atom is 0.573 e. The fraction of sp³-hybridized carbons (Fsp3) is 0.333. The Hall–Kier alpha value is -4.32. The number of amidine groups is 1. The molecule has 1 aliphatic rings. The predicted octanol–water partition coefficient (Wildman–Crippen LogP) is 8.21. The summed E-state index contributed by atoms with van der Waals surface area (Å²) in [5.41, 5.74) is 4.91. The van der Waals surface area contributed by atoms with Crippen molar-refractivity contribution in [1.82, 2.24) is 20.1 Å². The zero-order valence-electron chi connectivity index (χ0n) is 25.7. The van der Waals surface area contributed by atoms with E-state index in [0.717, 1.165) is 41.1 Å². The van der Waals surface area contributed by atoms with E-state index in [1.807, 2.05) is 38.1 Å². The van der Waals surface area contributed by atoms with Gasteiger partial charge in [-0.1, -0.05) is 62.0 Å². The van der Waals surface area contributed by atoms with Gasteiger partial charge in [-0.25, -0.2) is 14.5 Å². The summed E-state index contributed by atoms with van der Waals surface area (Å²) in [6, 6.07) is 18.9. The molecule has 0 saturated carbocycles. The van der Waals surface area contributed by atoms with Crippen LogP contribution in [0.25, 0.3) is 17.1 Å². The Morgan fingerprint density at radius 3 is 2.42 bits per heavy atom. The summed E-state index contributed by atoms with van der Waals surface area (Å²) in [7, 11) is 0. The largest absolute Gasteiger partial charge is 0.573 e. The number of hydrogen-bond donors (Lipinski definition) is 1. The van der Waals surface area contributed by atoms with E-state index in [2.05, 4.69) is 69.0 Å². The highest BCUT2D eigenvalue weighted by atomic mass is 32.2. The van der Waals surface area contributed by atoms with Gasteiger partial charge in [-0.15, -0.1) is 18.3 Å².